The Morgan fingerprint density at radius 1 is 1.19 bits per heavy atom. The van der Waals surface area contributed by atoms with Crippen molar-refractivity contribution >= 4 is 34.0 Å². The van der Waals surface area contributed by atoms with E-state index in [4.69, 9.17) is 4.74 Å². The number of pyridine rings is 1. The van der Waals surface area contributed by atoms with Crippen LogP contribution >= 0.6 is 11.3 Å². The summed E-state index contributed by atoms with van der Waals surface area (Å²) in [6, 6.07) is 12.8. The third kappa shape index (κ3) is 3.80. The maximum absolute atomic E-state index is 12.5. The average Bonchev–Trinajstić information content (AvgIpc) is 3.09. The van der Waals surface area contributed by atoms with Gasteiger partial charge in [-0.05, 0) is 24.3 Å². The molecule has 0 fully saturated rings. The molecule has 0 saturated carbocycles. The van der Waals surface area contributed by atoms with Gasteiger partial charge in [-0.2, -0.15) is 0 Å². The smallest absolute Gasteiger partial charge is 0.246 e. The summed E-state index contributed by atoms with van der Waals surface area (Å²) in [6.45, 7) is 0.200. The Kier molecular flexibility index (Phi) is 4.80. The molecule has 3 aromatic rings. The predicted octanol–water partition coefficient (Wildman–Crippen LogP) is 2.96. The topological polar surface area (TPSA) is 84.4 Å². The van der Waals surface area contributed by atoms with Crippen molar-refractivity contribution in [2.24, 2.45) is 0 Å². The summed E-state index contributed by atoms with van der Waals surface area (Å²) in [5.41, 5.74) is 2.03. The molecule has 0 saturated heterocycles. The third-order valence-corrected chi connectivity index (χ3v) is 4.77. The second kappa shape index (κ2) is 7.55. The fraction of sp³-hybridized carbons (Fsp3) is 0.158. The van der Waals surface area contributed by atoms with E-state index < -0.39 is 0 Å². The van der Waals surface area contributed by atoms with Gasteiger partial charge < -0.3 is 10.1 Å². The molecule has 1 aliphatic rings. The summed E-state index contributed by atoms with van der Waals surface area (Å²) >= 11 is 1.31. The number of carbonyl (C=O) groups excluding carboxylic acids is 2. The number of amides is 2. The Hall–Kier alpha value is -3.26. The Labute approximate surface area is 159 Å². The molecule has 27 heavy (non-hydrogen) atoms. The fourth-order valence-electron chi connectivity index (χ4n) is 2.76. The van der Waals surface area contributed by atoms with Crippen LogP contribution in [-0.2, 0) is 9.59 Å². The van der Waals surface area contributed by atoms with Crippen LogP contribution in [0.2, 0.25) is 0 Å². The summed E-state index contributed by atoms with van der Waals surface area (Å²) in [5.74, 6) is 0.133. The summed E-state index contributed by atoms with van der Waals surface area (Å²) in [7, 11) is 0. The van der Waals surface area contributed by atoms with Crippen molar-refractivity contribution in [3.63, 3.8) is 0 Å². The lowest BCUT2D eigenvalue weighted by Crippen LogP contribution is -2.37. The Balaban J connectivity index is 1.48. The summed E-state index contributed by atoms with van der Waals surface area (Å²) in [6.07, 6.45) is 1.92. The van der Waals surface area contributed by atoms with Crippen LogP contribution in [-0.4, -0.2) is 34.9 Å². The molecule has 0 spiro atoms. The van der Waals surface area contributed by atoms with Crippen molar-refractivity contribution < 1.29 is 14.3 Å². The van der Waals surface area contributed by atoms with Gasteiger partial charge in [-0.3, -0.25) is 19.5 Å². The van der Waals surface area contributed by atoms with Gasteiger partial charge in [0.2, 0.25) is 11.8 Å². The van der Waals surface area contributed by atoms with Gasteiger partial charge in [0.15, 0.2) is 5.13 Å². The molecule has 0 unspecified atom stereocenters. The monoisotopic (exact) mass is 380 g/mol. The first-order chi connectivity index (χ1) is 13.2. The van der Waals surface area contributed by atoms with Crippen molar-refractivity contribution in [1.82, 2.24) is 9.97 Å². The highest BCUT2D eigenvalue weighted by atomic mass is 32.1. The van der Waals surface area contributed by atoms with E-state index >= 15 is 0 Å². The molecule has 2 amide bonds. The molecule has 3 heterocycles. The van der Waals surface area contributed by atoms with Gasteiger partial charge in [0.1, 0.15) is 18.0 Å². The molecule has 1 N–H and O–H groups in total. The van der Waals surface area contributed by atoms with E-state index in [-0.39, 0.29) is 24.8 Å². The molecule has 2 aromatic heterocycles. The van der Waals surface area contributed by atoms with Crippen LogP contribution in [0.15, 0.2) is 54.0 Å². The number of benzene rings is 1. The lowest BCUT2D eigenvalue weighted by Gasteiger charge is -2.20. The van der Waals surface area contributed by atoms with Crippen LogP contribution in [0, 0.1) is 0 Å². The molecule has 8 heteroatoms. The van der Waals surface area contributed by atoms with Gasteiger partial charge in [-0.25, -0.2) is 4.98 Å². The van der Waals surface area contributed by atoms with E-state index in [1.54, 1.807) is 18.3 Å². The van der Waals surface area contributed by atoms with Gasteiger partial charge in [-0.1, -0.05) is 18.2 Å². The van der Waals surface area contributed by atoms with Crippen LogP contribution < -0.4 is 15.0 Å². The number of aromatic nitrogens is 2. The number of carbonyl (C=O) groups is 2. The number of thiazole rings is 1. The van der Waals surface area contributed by atoms with Crippen molar-refractivity contribution in [3.05, 3.63) is 54.0 Å². The number of hydrogen-bond acceptors (Lipinski definition) is 6. The highest BCUT2D eigenvalue weighted by Gasteiger charge is 2.25. The van der Waals surface area contributed by atoms with Crippen LogP contribution in [0.5, 0.6) is 5.75 Å². The molecule has 1 aliphatic heterocycles. The lowest BCUT2D eigenvalue weighted by molar-refractivity contribution is -0.121. The van der Waals surface area contributed by atoms with Gasteiger partial charge in [0.25, 0.3) is 0 Å². The van der Waals surface area contributed by atoms with Crippen molar-refractivity contribution in [1.29, 1.82) is 0 Å². The predicted molar refractivity (Wildman–Crippen MR) is 103 cm³/mol. The Bertz CT molecular complexity index is 974. The molecule has 0 aliphatic carbocycles. The average molecular weight is 380 g/mol. The van der Waals surface area contributed by atoms with Crippen molar-refractivity contribution in [3.8, 4) is 17.1 Å². The summed E-state index contributed by atoms with van der Waals surface area (Å²) in [5, 5.41) is 5.05. The van der Waals surface area contributed by atoms with Crippen molar-refractivity contribution in [2.45, 2.75) is 6.42 Å². The molecule has 4 rings (SSSR count). The summed E-state index contributed by atoms with van der Waals surface area (Å²) < 4.78 is 5.59. The molecule has 136 valence electrons. The minimum atomic E-state index is -0.318. The van der Waals surface area contributed by atoms with E-state index in [0.717, 1.165) is 5.69 Å². The van der Waals surface area contributed by atoms with E-state index in [2.05, 4.69) is 15.3 Å². The molecule has 0 radical (unpaired) electrons. The third-order valence-electron chi connectivity index (χ3n) is 4.01. The Morgan fingerprint density at radius 2 is 2.04 bits per heavy atom. The highest BCUT2D eigenvalue weighted by molar-refractivity contribution is 7.14. The van der Waals surface area contributed by atoms with Crippen LogP contribution in [0.4, 0.5) is 10.8 Å². The minimum absolute atomic E-state index is 0.0995. The maximum atomic E-state index is 12.5. The number of nitrogens with one attached hydrogen (secondary N) is 1. The van der Waals surface area contributed by atoms with Gasteiger partial charge in [0, 0.05) is 11.6 Å². The van der Waals surface area contributed by atoms with Crippen LogP contribution in [0.3, 0.4) is 0 Å². The second-order valence-electron chi connectivity index (χ2n) is 5.85. The zero-order chi connectivity index (χ0) is 18.6. The zero-order valence-electron chi connectivity index (χ0n) is 14.3. The first kappa shape index (κ1) is 17.2. The first-order valence-corrected chi connectivity index (χ1v) is 9.27. The summed E-state index contributed by atoms with van der Waals surface area (Å²) in [4.78, 5) is 35.0. The van der Waals surface area contributed by atoms with Crippen molar-refractivity contribution in [2.75, 3.05) is 23.4 Å². The van der Waals surface area contributed by atoms with Gasteiger partial charge >= 0.3 is 0 Å². The molecule has 7 nitrogen and oxygen atoms in total. The van der Waals surface area contributed by atoms with Gasteiger partial charge in [0.05, 0.1) is 24.4 Å². The first-order valence-electron chi connectivity index (χ1n) is 8.40. The van der Waals surface area contributed by atoms with Gasteiger partial charge in [-0.15, -0.1) is 11.3 Å². The second-order valence-corrected chi connectivity index (χ2v) is 6.71. The number of anilines is 2. The Morgan fingerprint density at radius 3 is 2.89 bits per heavy atom. The number of ether oxygens (including phenoxy) is 1. The number of rotatable bonds is 4. The quantitative estimate of drug-likeness (QED) is 0.752. The lowest BCUT2D eigenvalue weighted by atomic mass is 10.2. The standard InChI is InChI=1S/C19H16N4O3S/c24-17(22-19-21-14(12-27-19)13-5-3-4-9-20-13)11-23-15-6-1-2-7-16(15)26-10-8-18(23)25/h1-7,9,12H,8,10-11H2,(H,21,22,24). The molecule has 1 aromatic carbocycles. The van der Waals surface area contributed by atoms with E-state index in [0.29, 0.717) is 28.9 Å². The van der Waals surface area contributed by atoms with E-state index in [9.17, 15) is 9.59 Å². The SMILES string of the molecule is O=C(CN1C(=O)CCOc2ccccc21)Nc1nc(-c2ccccn2)cs1. The fourth-order valence-corrected chi connectivity index (χ4v) is 3.48. The zero-order valence-corrected chi connectivity index (χ0v) is 15.1. The number of fused-ring (bicyclic) bond motifs is 1. The molecule has 0 bridgehead atoms. The minimum Gasteiger partial charge on any atom is -0.491 e. The molecular formula is C19H16N4O3S. The van der Waals surface area contributed by atoms with Crippen LogP contribution in [0.25, 0.3) is 11.4 Å². The largest absolute Gasteiger partial charge is 0.491 e. The number of nitrogens with zero attached hydrogens (tertiary/aromatic N) is 3. The number of para-hydroxylation sites is 2. The van der Waals surface area contributed by atoms with E-state index in [1.165, 1.54) is 16.2 Å². The number of hydrogen-bond donors (Lipinski definition) is 1. The molecular weight excluding hydrogens is 364 g/mol. The maximum Gasteiger partial charge on any atom is 0.246 e. The molecule has 0 atom stereocenters. The van der Waals surface area contributed by atoms with E-state index in [1.807, 2.05) is 35.7 Å². The van der Waals surface area contributed by atoms with Crippen LogP contribution in [0.1, 0.15) is 6.42 Å². The normalized spacial score (nSPS) is 13.5. The highest BCUT2D eigenvalue weighted by Crippen LogP contribution is 2.31.